The second-order valence-corrected chi connectivity index (χ2v) is 6.62. The quantitative estimate of drug-likeness (QED) is 0.816. The first kappa shape index (κ1) is 13.9. The molecule has 2 fully saturated rings. The van der Waals surface area contributed by atoms with Crippen molar-refractivity contribution in [3.05, 3.63) is 41.0 Å². The average molecular weight is 269 g/mol. The van der Waals surface area contributed by atoms with Gasteiger partial charge in [0.1, 0.15) is 0 Å². The molecule has 2 aliphatic rings. The SMILES string of the molecule is Cc1cccc(/C=C(/CNC2CC2)C2CCCCC2)c1. The van der Waals surface area contributed by atoms with Gasteiger partial charge in [-0.15, -0.1) is 0 Å². The van der Waals surface area contributed by atoms with Gasteiger partial charge < -0.3 is 5.32 Å². The van der Waals surface area contributed by atoms with E-state index in [1.165, 1.54) is 56.1 Å². The van der Waals surface area contributed by atoms with Crippen LogP contribution in [-0.2, 0) is 0 Å². The molecule has 2 saturated carbocycles. The third-order valence-electron chi connectivity index (χ3n) is 4.70. The van der Waals surface area contributed by atoms with Gasteiger partial charge in [0.2, 0.25) is 0 Å². The first-order valence-electron chi connectivity index (χ1n) is 8.32. The molecular weight excluding hydrogens is 242 g/mol. The van der Waals surface area contributed by atoms with Crippen LogP contribution >= 0.6 is 0 Å². The lowest BCUT2D eigenvalue weighted by Crippen LogP contribution is -2.24. The highest BCUT2D eigenvalue weighted by Crippen LogP contribution is 2.31. The molecule has 0 unspecified atom stereocenters. The summed E-state index contributed by atoms with van der Waals surface area (Å²) in [6, 6.07) is 9.71. The molecule has 108 valence electrons. The lowest BCUT2D eigenvalue weighted by molar-refractivity contribution is 0.396. The van der Waals surface area contributed by atoms with Gasteiger partial charge in [0, 0.05) is 12.6 Å². The van der Waals surface area contributed by atoms with Gasteiger partial charge in [0.25, 0.3) is 0 Å². The molecule has 0 heterocycles. The van der Waals surface area contributed by atoms with E-state index in [1.807, 2.05) is 0 Å². The Morgan fingerprint density at radius 1 is 1.15 bits per heavy atom. The number of hydrogen-bond acceptors (Lipinski definition) is 1. The van der Waals surface area contributed by atoms with Crippen molar-refractivity contribution in [3.8, 4) is 0 Å². The Morgan fingerprint density at radius 3 is 2.65 bits per heavy atom. The first-order valence-corrected chi connectivity index (χ1v) is 8.32. The van der Waals surface area contributed by atoms with Crippen LogP contribution in [0, 0.1) is 12.8 Å². The number of nitrogens with one attached hydrogen (secondary N) is 1. The van der Waals surface area contributed by atoms with Crippen molar-refractivity contribution in [2.45, 2.75) is 57.9 Å². The first-order chi connectivity index (χ1) is 9.81. The zero-order valence-electron chi connectivity index (χ0n) is 12.7. The molecule has 0 atom stereocenters. The van der Waals surface area contributed by atoms with Gasteiger partial charge >= 0.3 is 0 Å². The molecule has 20 heavy (non-hydrogen) atoms. The topological polar surface area (TPSA) is 12.0 Å². The minimum absolute atomic E-state index is 0.805. The number of rotatable bonds is 5. The molecule has 0 aromatic heterocycles. The summed E-state index contributed by atoms with van der Waals surface area (Å²) in [5, 5.41) is 3.72. The summed E-state index contributed by atoms with van der Waals surface area (Å²) < 4.78 is 0. The second kappa shape index (κ2) is 6.58. The molecule has 1 aromatic carbocycles. The van der Waals surface area contributed by atoms with Crippen LogP contribution in [-0.4, -0.2) is 12.6 Å². The van der Waals surface area contributed by atoms with E-state index in [0.717, 1.165) is 18.5 Å². The van der Waals surface area contributed by atoms with E-state index < -0.39 is 0 Å². The van der Waals surface area contributed by atoms with Gasteiger partial charge in [0.05, 0.1) is 0 Å². The normalized spacial score (nSPS) is 21.1. The fourth-order valence-corrected chi connectivity index (χ4v) is 3.31. The molecule has 0 bridgehead atoms. The van der Waals surface area contributed by atoms with E-state index >= 15 is 0 Å². The van der Waals surface area contributed by atoms with Crippen molar-refractivity contribution in [3.63, 3.8) is 0 Å². The van der Waals surface area contributed by atoms with Crippen LogP contribution in [0.15, 0.2) is 29.8 Å². The van der Waals surface area contributed by atoms with Crippen molar-refractivity contribution >= 4 is 6.08 Å². The Labute approximate surface area is 123 Å². The van der Waals surface area contributed by atoms with Gasteiger partial charge in [0.15, 0.2) is 0 Å². The highest BCUT2D eigenvalue weighted by molar-refractivity contribution is 5.54. The maximum absolute atomic E-state index is 3.72. The molecule has 1 N–H and O–H groups in total. The van der Waals surface area contributed by atoms with E-state index in [9.17, 15) is 0 Å². The number of hydrogen-bond donors (Lipinski definition) is 1. The van der Waals surface area contributed by atoms with Gasteiger partial charge in [-0.3, -0.25) is 0 Å². The van der Waals surface area contributed by atoms with E-state index in [4.69, 9.17) is 0 Å². The van der Waals surface area contributed by atoms with Crippen LogP contribution in [0.3, 0.4) is 0 Å². The third-order valence-corrected chi connectivity index (χ3v) is 4.70. The molecule has 0 saturated heterocycles. The summed E-state index contributed by atoms with van der Waals surface area (Å²) in [7, 11) is 0. The molecular formula is C19H27N. The number of benzene rings is 1. The zero-order chi connectivity index (χ0) is 13.8. The Balaban J connectivity index is 1.74. The Morgan fingerprint density at radius 2 is 1.95 bits per heavy atom. The molecule has 1 aromatic rings. The maximum Gasteiger partial charge on any atom is 0.0173 e. The van der Waals surface area contributed by atoms with Crippen LogP contribution in [0.4, 0.5) is 0 Å². The van der Waals surface area contributed by atoms with Crippen molar-refractivity contribution in [2.75, 3.05) is 6.54 Å². The Kier molecular flexibility index (Phi) is 4.57. The lowest BCUT2D eigenvalue weighted by atomic mass is 9.83. The largest absolute Gasteiger partial charge is 0.310 e. The average Bonchev–Trinajstić information content (AvgIpc) is 3.29. The van der Waals surface area contributed by atoms with Crippen LogP contribution in [0.2, 0.25) is 0 Å². The fraction of sp³-hybridized carbons (Fsp3) is 0.579. The smallest absolute Gasteiger partial charge is 0.0173 e. The highest BCUT2D eigenvalue weighted by Gasteiger charge is 2.23. The monoisotopic (exact) mass is 269 g/mol. The lowest BCUT2D eigenvalue weighted by Gasteiger charge is -2.25. The maximum atomic E-state index is 3.72. The molecule has 0 amide bonds. The Hall–Kier alpha value is -1.08. The minimum Gasteiger partial charge on any atom is -0.310 e. The van der Waals surface area contributed by atoms with Crippen molar-refractivity contribution < 1.29 is 0 Å². The molecule has 2 aliphatic carbocycles. The predicted molar refractivity (Wildman–Crippen MR) is 86.8 cm³/mol. The molecule has 0 spiro atoms. The van der Waals surface area contributed by atoms with E-state index in [1.54, 1.807) is 5.57 Å². The summed E-state index contributed by atoms with van der Waals surface area (Å²) in [6.07, 6.45) is 12.3. The molecule has 1 nitrogen and oxygen atoms in total. The van der Waals surface area contributed by atoms with Crippen molar-refractivity contribution in [1.82, 2.24) is 5.32 Å². The second-order valence-electron chi connectivity index (χ2n) is 6.62. The fourth-order valence-electron chi connectivity index (χ4n) is 3.31. The van der Waals surface area contributed by atoms with Crippen LogP contribution in [0.1, 0.15) is 56.1 Å². The zero-order valence-corrected chi connectivity index (χ0v) is 12.7. The summed E-state index contributed by atoms with van der Waals surface area (Å²) >= 11 is 0. The minimum atomic E-state index is 0.805. The van der Waals surface area contributed by atoms with E-state index in [-0.39, 0.29) is 0 Å². The standard InChI is InChI=1S/C19H27N/c1-15-6-5-7-16(12-15)13-18(14-20-19-10-11-19)17-8-3-2-4-9-17/h5-7,12-13,17,19-20H,2-4,8-11,14H2,1H3/b18-13-. The van der Waals surface area contributed by atoms with Crippen molar-refractivity contribution in [2.24, 2.45) is 5.92 Å². The van der Waals surface area contributed by atoms with E-state index in [2.05, 4.69) is 42.6 Å². The van der Waals surface area contributed by atoms with Gasteiger partial charge in [-0.05, 0) is 44.1 Å². The van der Waals surface area contributed by atoms with Gasteiger partial charge in [-0.2, -0.15) is 0 Å². The van der Waals surface area contributed by atoms with Crippen LogP contribution in [0.25, 0.3) is 6.08 Å². The van der Waals surface area contributed by atoms with Crippen LogP contribution in [0.5, 0.6) is 0 Å². The van der Waals surface area contributed by atoms with E-state index in [0.29, 0.717) is 0 Å². The van der Waals surface area contributed by atoms with Gasteiger partial charge in [-0.25, -0.2) is 0 Å². The summed E-state index contributed by atoms with van der Waals surface area (Å²) in [5.74, 6) is 0.815. The summed E-state index contributed by atoms with van der Waals surface area (Å²) in [5.41, 5.74) is 4.38. The molecule has 0 radical (unpaired) electrons. The summed E-state index contributed by atoms with van der Waals surface area (Å²) in [4.78, 5) is 0. The molecule has 0 aliphatic heterocycles. The predicted octanol–water partition coefficient (Wildman–Crippen LogP) is 4.71. The van der Waals surface area contributed by atoms with Crippen LogP contribution < -0.4 is 5.32 Å². The third kappa shape index (κ3) is 3.96. The molecule has 3 rings (SSSR count). The Bertz CT molecular complexity index is 464. The van der Waals surface area contributed by atoms with Gasteiger partial charge in [-0.1, -0.05) is 60.7 Å². The molecule has 1 heteroatoms. The summed E-state index contributed by atoms with van der Waals surface area (Å²) in [6.45, 7) is 3.28. The highest BCUT2D eigenvalue weighted by atomic mass is 14.9. The number of aryl methyl sites for hydroxylation is 1. The van der Waals surface area contributed by atoms with Crippen molar-refractivity contribution in [1.29, 1.82) is 0 Å².